The molecule has 1 aromatic heterocycles. The first-order valence-corrected chi connectivity index (χ1v) is 8.77. The average molecular weight is 341 g/mol. The summed E-state index contributed by atoms with van der Waals surface area (Å²) in [7, 11) is -4.24. The number of nitrogens with one attached hydrogen (secondary N) is 1. The number of hydrogen-bond donors (Lipinski definition) is 1. The number of amides is 1. The van der Waals surface area contributed by atoms with E-state index >= 15 is 0 Å². The Bertz CT molecular complexity index is 636. The van der Waals surface area contributed by atoms with Crippen LogP contribution in [0.15, 0.2) is 11.4 Å². The van der Waals surface area contributed by atoms with E-state index in [0.717, 1.165) is 10.4 Å². The summed E-state index contributed by atoms with van der Waals surface area (Å²) < 4.78 is 60.7. The minimum absolute atomic E-state index is 0.0252. The Kier molecular flexibility index (Phi) is 4.34. The van der Waals surface area contributed by atoms with Crippen LogP contribution in [0.2, 0.25) is 0 Å². The maximum atomic E-state index is 12.0. The summed E-state index contributed by atoms with van der Waals surface area (Å²) in [4.78, 5) is 12.8. The van der Waals surface area contributed by atoms with Gasteiger partial charge in [-0.1, -0.05) is 0 Å². The van der Waals surface area contributed by atoms with Crippen molar-refractivity contribution in [3.05, 3.63) is 21.9 Å². The summed E-state index contributed by atoms with van der Waals surface area (Å²) in [5, 5.41) is 1.89. The van der Waals surface area contributed by atoms with E-state index in [1.165, 1.54) is 11.3 Å². The van der Waals surface area contributed by atoms with Gasteiger partial charge in [0.15, 0.2) is 0 Å². The third-order valence-corrected chi connectivity index (χ3v) is 5.68. The molecule has 0 radical (unpaired) electrons. The van der Waals surface area contributed by atoms with Gasteiger partial charge in [0.1, 0.15) is 0 Å². The molecule has 1 aromatic rings. The van der Waals surface area contributed by atoms with Gasteiger partial charge in [-0.05, 0) is 30.4 Å². The normalized spacial score (nSPS) is 22.1. The third kappa shape index (κ3) is 4.44. The second-order valence-electron chi connectivity index (χ2n) is 5.07. The van der Waals surface area contributed by atoms with Crippen LogP contribution in [0.3, 0.4) is 0 Å². The molecule has 0 bridgehead atoms. The molecule has 4 nitrogen and oxygen atoms in total. The third-order valence-electron chi connectivity index (χ3n) is 3.28. The molecule has 2 rings (SSSR count). The molecule has 1 amide bonds. The highest BCUT2D eigenvalue weighted by molar-refractivity contribution is 7.90. The zero-order valence-electron chi connectivity index (χ0n) is 11.1. The van der Waals surface area contributed by atoms with E-state index < -0.39 is 40.2 Å². The molecular formula is C12H14F3NO3S2. The summed E-state index contributed by atoms with van der Waals surface area (Å²) in [6.07, 6.45) is -5.50. The van der Waals surface area contributed by atoms with E-state index in [1.54, 1.807) is 4.72 Å². The van der Waals surface area contributed by atoms with Gasteiger partial charge in [-0.3, -0.25) is 9.52 Å². The first kappa shape index (κ1) is 16.3. The van der Waals surface area contributed by atoms with Crippen molar-refractivity contribution in [3.8, 4) is 0 Å². The van der Waals surface area contributed by atoms with Crippen molar-refractivity contribution in [2.24, 2.45) is 5.92 Å². The molecule has 1 heterocycles. The molecule has 0 aliphatic heterocycles. The fourth-order valence-electron chi connectivity index (χ4n) is 2.07. The van der Waals surface area contributed by atoms with Crippen LogP contribution in [0.5, 0.6) is 0 Å². The van der Waals surface area contributed by atoms with Gasteiger partial charge in [-0.2, -0.15) is 13.2 Å². The molecule has 1 saturated carbocycles. The van der Waals surface area contributed by atoms with Crippen LogP contribution in [0, 0.1) is 12.8 Å². The molecule has 1 aliphatic rings. The van der Waals surface area contributed by atoms with E-state index in [2.05, 4.69) is 0 Å². The molecule has 1 fully saturated rings. The van der Waals surface area contributed by atoms with Crippen molar-refractivity contribution in [1.29, 1.82) is 0 Å². The number of halogens is 3. The predicted molar refractivity (Wildman–Crippen MR) is 72.5 cm³/mol. The van der Waals surface area contributed by atoms with Crippen molar-refractivity contribution in [3.63, 3.8) is 0 Å². The van der Waals surface area contributed by atoms with Crippen LogP contribution in [0.25, 0.3) is 0 Å². The van der Waals surface area contributed by atoms with Crippen LogP contribution in [-0.4, -0.2) is 26.3 Å². The van der Waals surface area contributed by atoms with Crippen LogP contribution < -0.4 is 4.72 Å². The van der Waals surface area contributed by atoms with Gasteiger partial charge in [-0.15, -0.1) is 11.3 Å². The topological polar surface area (TPSA) is 63.2 Å². The van der Waals surface area contributed by atoms with Crippen LogP contribution in [0.4, 0.5) is 13.2 Å². The molecule has 21 heavy (non-hydrogen) atoms. The molecule has 1 aliphatic carbocycles. The Morgan fingerprint density at radius 2 is 2.14 bits per heavy atom. The lowest BCUT2D eigenvalue weighted by Crippen LogP contribution is -2.35. The van der Waals surface area contributed by atoms with E-state index in [1.807, 2.05) is 18.4 Å². The fraction of sp³-hybridized carbons (Fsp3) is 0.583. The zero-order valence-corrected chi connectivity index (χ0v) is 12.7. The van der Waals surface area contributed by atoms with Crippen LogP contribution in [-0.2, 0) is 14.8 Å². The van der Waals surface area contributed by atoms with E-state index in [-0.39, 0.29) is 5.92 Å². The standard InChI is InChI=1S/C12H14F3NO3S2/c1-7-2-4-20-10(7)8-6-9(8)11(17)16-21(18,19)5-3-12(13,14)15/h2,4,8-9H,3,5-6H2,1H3,(H,16,17)/t8-,9-/m1/s1. The number of hydrogen-bond acceptors (Lipinski definition) is 4. The van der Waals surface area contributed by atoms with Gasteiger partial charge in [0.25, 0.3) is 0 Å². The molecule has 1 N–H and O–H groups in total. The Labute approximate surface area is 124 Å². The molecule has 2 atom stereocenters. The summed E-state index contributed by atoms with van der Waals surface area (Å²) in [5.41, 5.74) is 1.04. The molecule has 0 aromatic carbocycles. The van der Waals surface area contributed by atoms with Crippen LogP contribution >= 0.6 is 11.3 Å². The number of alkyl halides is 3. The molecular weight excluding hydrogens is 327 g/mol. The Hall–Kier alpha value is -1.09. The Morgan fingerprint density at radius 3 is 2.67 bits per heavy atom. The number of sulfonamides is 1. The van der Waals surface area contributed by atoms with Crippen molar-refractivity contribution >= 4 is 27.3 Å². The number of rotatable bonds is 5. The zero-order chi connectivity index (χ0) is 15.8. The summed E-state index contributed by atoms with van der Waals surface area (Å²) in [5.74, 6) is -2.33. The van der Waals surface area contributed by atoms with Gasteiger partial charge in [-0.25, -0.2) is 8.42 Å². The smallest absolute Gasteiger partial charge is 0.274 e. The lowest BCUT2D eigenvalue weighted by atomic mass is 10.2. The summed E-state index contributed by atoms with van der Waals surface area (Å²) in [6, 6.07) is 1.91. The fourth-order valence-corrected chi connectivity index (χ4v) is 4.24. The lowest BCUT2D eigenvalue weighted by molar-refractivity contribution is -0.130. The Balaban J connectivity index is 1.90. The van der Waals surface area contributed by atoms with E-state index in [0.29, 0.717) is 6.42 Å². The predicted octanol–water partition coefficient (Wildman–Crippen LogP) is 2.56. The highest BCUT2D eigenvalue weighted by Crippen LogP contribution is 2.50. The number of carbonyl (C=O) groups excluding carboxylic acids is 1. The first-order chi connectivity index (χ1) is 9.59. The molecule has 0 saturated heterocycles. The SMILES string of the molecule is Cc1ccsc1[C@@H]1C[C@H]1C(=O)NS(=O)(=O)CCC(F)(F)F. The number of aryl methyl sites for hydroxylation is 1. The van der Waals surface area contributed by atoms with E-state index in [9.17, 15) is 26.4 Å². The quantitative estimate of drug-likeness (QED) is 0.895. The summed E-state index contributed by atoms with van der Waals surface area (Å²) in [6.45, 7) is 1.90. The first-order valence-electron chi connectivity index (χ1n) is 6.24. The van der Waals surface area contributed by atoms with Crippen molar-refractivity contribution in [2.75, 3.05) is 5.75 Å². The minimum Gasteiger partial charge on any atom is -0.274 e. The van der Waals surface area contributed by atoms with Crippen molar-refractivity contribution < 1.29 is 26.4 Å². The minimum atomic E-state index is -4.56. The van der Waals surface area contributed by atoms with Gasteiger partial charge in [0, 0.05) is 16.7 Å². The van der Waals surface area contributed by atoms with Gasteiger partial charge < -0.3 is 0 Å². The van der Waals surface area contributed by atoms with Gasteiger partial charge >= 0.3 is 6.18 Å². The largest absolute Gasteiger partial charge is 0.390 e. The Morgan fingerprint density at radius 1 is 1.48 bits per heavy atom. The maximum absolute atomic E-state index is 12.0. The monoisotopic (exact) mass is 341 g/mol. The average Bonchev–Trinajstić information content (AvgIpc) is 3.02. The molecule has 0 unspecified atom stereocenters. The molecule has 9 heteroatoms. The number of carbonyl (C=O) groups is 1. The highest BCUT2D eigenvalue weighted by atomic mass is 32.2. The highest BCUT2D eigenvalue weighted by Gasteiger charge is 2.46. The molecule has 0 spiro atoms. The second-order valence-corrected chi connectivity index (χ2v) is 7.86. The lowest BCUT2D eigenvalue weighted by Gasteiger charge is -2.08. The van der Waals surface area contributed by atoms with E-state index in [4.69, 9.17) is 0 Å². The van der Waals surface area contributed by atoms with Crippen molar-refractivity contribution in [2.45, 2.75) is 31.9 Å². The number of thiophene rings is 1. The van der Waals surface area contributed by atoms with Gasteiger partial charge in [0.2, 0.25) is 15.9 Å². The maximum Gasteiger partial charge on any atom is 0.390 e. The van der Waals surface area contributed by atoms with Crippen LogP contribution in [0.1, 0.15) is 29.2 Å². The van der Waals surface area contributed by atoms with Gasteiger partial charge in [0.05, 0.1) is 12.2 Å². The molecule has 118 valence electrons. The second kappa shape index (κ2) is 5.60. The summed E-state index contributed by atoms with van der Waals surface area (Å²) >= 11 is 1.49. The van der Waals surface area contributed by atoms with Crippen molar-refractivity contribution in [1.82, 2.24) is 4.72 Å².